The summed E-state index contributed by atoms with van der Waals surface area (Å²) < 4.78 is 32.8. The molecule has 3 rings (SSSR count). The van der Waals surface area contributed by atoms with Crippen LogP contribution in [-0.4, -0.2) is 81.9 Å². The zero-order valence-corrected chi connectivity index (χ0v) is 17.2. The van der Waals surface area contributed by atoms with Crippen LogP contribution in [0.5, 0.6) is 5.75 Å². The molecule has 1 amide bonds. The normalized spacial score (nSPS) is 22.6. The van der Waals surface area contributed by atoms with Crippen LogP contribution in [-0.2, 0) is 14.8 Å². The van der Waals surface area contributed by atoms with Gasteiger partial charge in [0.25, 0.3) is 0 Å². The van der Waals surface area contributed by atoms with Crippen molar-refractivity contribution in [3.8, 4) is 5.75 Å². The van der Waals surface area contributed by atoms with Crippen molar-refractivity contribution in [2.75, 3.05) is 53.4 Å². The number of methoxy groups -OCH3 is 1. The Bertz CT molecular complexity index is 788. The number of piperidine rings is 1. The molecular weight excluding hydrogens is 366 g/mol. The number of aryl methyl sites for hydroxylation is 1. The maximum absolute atomic E-state index is 13.1. The molecule has 8 heteroatoms. The first-order valence-electron chi connectivity index (χ1n) is 9.45. The summed E-state index contributed by atoms with van der Waals surface area (Å²) in [6.07, 6.45) is 1.46. The number of carbonyl (C=O) groups is 1. The molecule has 2 fully saturated rings. The standard InChI is InChI=1S/C19H29N3O4S/c1-15-13-17(6-7-18(15)26-3)27(24,25)22-8-4-5-16(14-22)19(23)21-11-9-20(2)10-12-21/h6-7,13,16H,4-5,8-12,14H2,1-3H3/t16-/m1/s1. The third-order valence-corrected chi connectivity index (χ3v) is 7.41. The second kappa shape index (κ2) is 8.16. The Hall–Kier alpha value is -1.64. The average molecular weight is 396 g/mol. The van der Waals surface area contributed by atoms with Crippen LogP contribution in [0.25, 0.3) is 0 Å². The van der Waals surface area contributed by atoms with Crippen LogP contribution in [0.2, 0.25) is 0 Å². The van der Waals surface area contributed by atoms with Gasteiger partial charge in [-0.25, -0.2) is 8.42 Å². The first kappa shape index (κ1) is 20.1. The third kappa shape index (κ3) is 4.28. The number of likely N-dealkylation sites (N-methyl/N-ethyl adjacent to an activating group) is 1. The van der Waals surface area contributed by atoms with Crippen LogP contribution >= 0.6 is 0 Å². The largest absolute Gasteiger partial charge is 0.496 e. The van der Waals surface area contributed by atoms with E-state index in [1.165, 1.54) is 4.31 Å². The van der Waals surface area contributed by atoms with Gasteiger partial charge < -0.3 is 14.5 Å². The quantitative estimate of drug-likeness (QED) is 0.766. The predicted molar refractivity (Wildman–Crippen MR) is 103 cm³/mol. The zero-order valence-electron chi connectivity index (χ0n) is 16.3. The highest BCUT2D eigenvalue weighted by molar-refractivity contribution is 7.89. The van der Waals surface area contributed by atoms with Gasteiger partial charge in [0, 0.05) is 39.3 Å². The van der Waals surface area contributed by atoms with Crippen LogP contribution in [0.3, 0.4) is 0 Å². The van der Waals surface area contributed by atoms with Gasteiger partial charge in [-0.05, 0) is 50.6 Å². The van der Waals surface area contributed by atoms with Crippen molar-refractivity contribution in [2.45, 2.75) is 24.7 Å². The van der Waals surface area contributed by atoms with E-state index in [0.717, 1.165) is 38.2 Å². The Labute approximate surface area is 161 Å². The fourth-order valence-corrected chi connectivity index (χ4v) is 5.42. The summed E-state index contributed by atoms with van der Waals surface area (Å²) in [5, 5.41) is 0. The molecule has 0 spiro atoms. The van der Waals surface area contributed by atoms with Crippen molar-refractivity contribution in [3.05, 3.63) is 23.8 Å². The monoisotopic (exact) mass is 395 g/mol. The first-order chi connectivity index (χ1) is 12.8. The molecule has 7 nitrogen and oxygen atoms in total. The molecule has 0 saturated carbocycles. The summed E-state index contributed by atoms with van der Waals surface area (Å²) >= 11 is 0. The number of nitrogens with zero attached hydrogens (tertiary/aromatic N) is 3. The van der Waals surface area contributed by atoms with Gasteiger partial charge in [-0.1, -0.05) is 0 Å². The van der Waals surface area contributed by atoms with Gasteiger partial charge in [0.1, 0.15) is 5.75 Å². The minimum atomic E-state index is -3.62. The molecule has 2 aliphatic rings. The van der Waals surface area contributed by atoms with E-state index >= 15 is 0 Å². The lowest BCUT2D eigenvalue weighted by Crippen LogP contribution is -2.52. The maximum Gasteiger partial charge on any atom is 0.243 e. The van der Waals surface area contributed by atoms with Crippen molar-refractivity contribution in [1.82, 2.24) is 14.1 Å². The van der Waals surface area contributed by atoms with Crippen LogP contribution in [0.4, 0.5) is 0 Å². The molecular formula is C19H29N3O4S. The van der Waals surface area contributed by atoms with Crippen molar-refractivity contribution < 1.29 is 17.9 Å². The Kier molecular flexibility index (Phi) is 6.08. The van der Waals surface area contributed by atoms with Crippen molar-refractivity contribution in [1.29, 1.82) is 0 Å². The van der Waals surface area contributed by atoms with Crippen LogP contribution in [0, 0.1) is 12.8 Å². The summed E-state index contributed by atoms with van der Waals surface area (Å²) in [5.41, 5.74) is 0.778. The van der Waals surface area contributed by atoms with Gasteiger partial charge in [-0.2, -0.15) is 4.31 Å². The minimum absolute atomic E-state index is 0.0916. The number of piperazine rings is 1. The molecule has 150 valence electrons. The molecule has 1 atom stereocenters. The molecule has 0 N–H and O–H groups in total. The van der Waals surface area contributed by atoms with E-state index in [9.17, 15) is 13.2 Å². The summed E-state index contributed by atoms with van der Waals surface area (Å²) in [7, 11) is -0.00227. The molecule has 0 bridgehead atoms. The zero-order chi connectivity index (χ0) is 19.6. The first-order valence-corrected chi connectivity index (χ1v) is 10.9. The highest BCUT2D eigenvalue weighted by atomic mass is 32.2. The summed E-state index contributed by atoms with van der Waals surface area (Å²) in [4.78, 5) is 17.2. The molecule has 0 aromatic heterocycles. The van der Waals surface area contributed by atoms with E-state index in [1.807, 2.05) is 18.9 Å². The minimum Gasteiger partial charge on any atom is -0.496 e. The van der Waals surface area contributed by atoms with Gasteiger partial charge in [0.15, 0.2) is 0 Å². The number of ether oxygens (including phenoxy) is 1. The molecule has 0 unspecified atom stereocenters. The number of rotatable bonds is 4. The van der Waals surface area contributed by atoms with Crippen LogP contribution in [0.15, 0.2) is 23.1 Å². The van der Waals surface area contributed by atoms with Crippen molar-refractivity contribution in [3.63, 3.8) is 0 Å². The maximum atomic E-state index is 13.1. The Morgan fingerprint density at radius 1 is 1.15 bits per heavy atom. The van der Waals surface area contributed by atoms with Crippen molar-refractivity contribution in [2.24, 2.45) is 5.92 Å². The lowest BCUT2D eigenvalue weighted by Gasteiger charge is -2.37. The van der Waals surface area contributed by atoms with Gasteiger partial charge >= 0.3 is 0 Å². The van der Waals surface area contributed by atoms with E-state index in [-0.39, 0.29) is 23.3 Å². The summed E-state index contributed by atoms with van der Waals surface area (Å²) in [6.45, 7) is 5.72. The number of hydrogen-bond acceptors (Lipinski definition) is 5. The smallest absolute Gasteiger partial charge is 0.243 e. The molecule has 0 aliphatic carbocycles. The second-order valence-electron chi connectivity index (χ2n) is 7.46. The highest BCUT2D eigenvalue weighted by Crippen LogP contribution is 2.28. The molecule has 27 heavy (non-hydrogen) atoms. The SMILES string of the molecule is COc1ccc(S(=O)(=O)N2CCC[C@@H](C(=O)N3CCN(C)CC3)C2)cc1C. The van der Waals surface area contributed by atoms with E-state index in [1.54, 1.807) is 25.3 Å². The Morgan fingerprint density at radius 2 is 1.85 bits per heavy atom. The van der Waals surface area contributed by atoms with Crippen LogP contribution in [0.1, 0.15) is 18.4 Å². The van der Waals surface area contributed by atoms with Gasteiger partial charge in [-0.15, -0.1) is 0 Å². The second-order valence-corrected chi connectivity index (χ2v) is 9.40. The lowest BCUT2D eigenvalue weighted by atomic mass is 9.98. The number of hydrogen-bond donors (Lipinski definition) is 0. The Balaban J connectivity index is 1.73. The molecule has 2 saturated heterocycles. The Morgan fingerprint density at radius 3 is 2.48 bits per heavy atom. The van der Waals surface area contributed by atoms with E-state index in [4.69, 9.17) is 4.74 Å². The van der Waals surface area contributed by atoms with Gasteiger partial charge in [0.2, 0.25) is 15.9 Å². The van der Waals surface area contributed by atoms with E-state index < -0.39 is 10.0 Å². The molecule has 2 aliphatic heterocycles. The predicted octanol–water partition coefficient (Wildman–Crippen LogP) is 1.18. The number of sulfonamides is 1. The average Bonchev–Trinajstić information content (AvgIpc) is 2.68. The number of benzene rings is 1. The van der Waals surface area contributed by atoms with Crippen molar-refractivity contribution >= 4 is 15.9 Å². The van der Waals surface area contributed by atoms with Crippen LogP contribution < -0.4 is 4.74 Å². The molecule has 0 radical (unpaired) electrons. The lowest BCUT2D eigenvalue weighted by molar-refractivity contribution is -0.138. The summed E-state index contributed by atoms with van der Waals surface area (Å²) in [6, 6.07) is 4.90. The van der Waals surface area contributed by atoms with E-state index in [2.05, 4.69) is 4.90 Å². The molecule has 2 heterocycles. The molecule has 1 aromatic carbocycles. The molecule has 1 aromatic rings. The fourth-order valence-electron chi connectivity index (χ4n) is 3.81. The third-order valence-electron chi connectivity index (χ3n) is 5.55. The number of carbonyl (C=O) groups excluding carboxylic acids is 1. The van der Waals surface area contributed by atoms with Gasteiger partial charge in [-0.3, -0.25) is 4.79 Å². The van der Waals surface area contributed by atoms with E-state index in [0.29, 0.717) is 18.7 Å². The summed E-state index contributed by atoms with van der Waals surface area (Å²) in [5.74, 6) is 0.501. The topological polar surface area (TPSA) is 70.2 Å². The highest BCUT2D eigenvalue weighted by Gasteiger charge is 2.35. The fraction of sp³-hybridized carbons (Fsp3) is 0.632. The number of amides is 1. The van der Waals surface area contributed by atoms with Gasteiger partial charge in [0.05, 0.1) is 17.9 Å².